The van der Waals surface area contributed by atoms with Crippen molar-refractivity contribution in [2.24, 2.45) is 23.0 Å². The number of nitrogens with zero attached hydrogens (tertiary/aromatic N) is 1. The predicted molar refractivity (Wildman–Crippen MR) is 145 cm³/mol. The van der Waals surface area contributed by atoms with Crippen LogP contribution in [0.4, 0.5) is 16.2 Å². The molecule has 0 spiro atoms. The zero-order valence-corrected chi connectivity index (χ0v) is 23.1. The number of Topliss-reactive ketones (excluding diaryl/α,β-unsaturated/α-hetero) is 2. The Morgan fingerprint density at radius 3 is 2.24 bits per heavy atom. The number of phenolic OH excluding ortho intramolecular Hbond substituents is 2. The van der Waals surface area contributed by atoms with Gasteiger partial charge in [0, 0.05) is 22.2 Å². The summed E-state index contributed by atoms with van der Waals surface area (Å²) in [6.07, 6.45) is -5.14. The quantitative estimate of drug-likeness (QED) is 0.104. The van der Waals surface area contributed by atoms with Gasteiger partial charge in [-0.1, -0.05) is 20.8 Å². The standard InChI is InChI=1S/C27H34N4O10/c1-26(2,3)8-41-25(39)30-10-7-6-9-11(18(10)32)19(33)13-12(16(9)28)20(34)15-17(31(4)5)21(35)14(24(29)38)23(37)27(15,40)22(13)36/h6-7,14-15,17,20,22,32-34,36,40H,8,28H2,1-5H3,(H2,29,38)(H,30,39)/t14?,15-,17+,20+,22?,27+/m1/s1. The molecule has 41 heavy (non-hydrogen) atoms. The molecule has 2 unspecified atom stereocenters. The summed E-state index contributed by atoms with van der Waals surface area (Å²) in [7, 11) is 2.82. The number of amides is 2. The summed E-state index contributed by atoms with van der Waals surface area (Å²) < 4.78 is 5.14. The number of nitrogens with two attached hydrogens (primary N) is 2. The summed E-state index contributed by atoms with van der Waals surface area (Å²) in [4.78, 5) is 52.3. The van der Waals surface area contributed by atoms with Crippen molar-refractivity contribution in [3.05, 3.63) is 23.3 Å². The Hall–Kier alpha value is -3.98. The summed E-state index contributed by atoms with van der Waals surface area (Å²) in [5.74, 6) is -9.21. The first-order chi connectivity index (χ1) is 18.9. The molecule has 0 aliphatic heterocycles. The maximum absolute atomic E-state index is 13.4. The van der Waals surface area contributed by atoms with Crippen molar-refractivity contribution in [1.82, 2.24) is 4.90 Å². The van der Waals surface area contributed by atoms with Crippen LogP contribution in [0, 0.1) is 17.3 Å². The van der Waals surface area contributed by atoms with Crippen LogP contribution in [0.3, 0.4) is 0 Å². The Morgan fingerprint density at radius 2 is 1.71 bits per heavy atom. The van der Waals surface area contributed by atoms with E-state index in [-0.39, 0.29) is 39.7 Å². The molecule has 0 bridgehead atoms. The molecule has 222 valence electrons. The van der Waals surface area contributed by atoms with E-state index >= 15 is 0 Å². The van der Waals surface area contributed by atoms with Crippen LogP contribution in [0.15, 0.2) is 12.1 Å². The highest BCUT2D eigenvalue weighted by atomic mass is 16.5. The molecule has 4 rings (SSSR count). The number of primary amides is 1. The van der Waals surface area contributed by atoms with E-state index in [2.05, 4.69) is 5.32 Å². The van der Waals surface area contributed by atoms with E-state index in [1.165, 1.54) is 31.1 Å². The number of rotatable bonds is 4. The number of aliphatic hydroxyl groups excluding tert-OH is 2. The van der Waals surface area contributed by atoms with Crippen LogP contribution in [-0.4, -0.2) is 86.3 Å². The number of fused-ring (bicyclic) bond motifs is 3. The number of nitrogen functional groups attached to an aromatic ring is 1. The number of phenols is 2. The lowest BCUT2D eigenvalue weighted by Crippen LogP contribution is -2.71. The maximum Gasteiger partial charge on any atom is 0.411 e. The lowest BCUT2D eigenvalue weighted by Gasteiger charge is -2.53. The lowest BCUT2D eigenvalue weighted by atomic mass is 9.56. The normalized spacial score (nSPS) is 27.9. The molecule has 14 heteroatoms. The average molecular weight is 575 g/mol. The molecule has 1 fully saturated rings. The third-order valence-corrected chi connectivity index (χ3v) is 7.66. The third-order valence-electron chi connectivity index (χ3n) is 7.66. The second kappa shape index (κ2) is 9.83. The second-order valence-corrected chi connectivity index (χ2v) is 11.9. The van der Waals surface area contributed by atoms with E-state index in [9.17, 15) is 44.7 Å². The predicted octanol–water partition coefficient (Wildman–Crippen LogP) is 0.0390. The third kappa shape index (κ3) is 4.43. The number of ether oxygens (including phenoxy) is 1. The van der Waals surface area contributed by atoms with Crippen LogP contribution in [0.5, 0.6) is 11.5 Å². The number of carbonyl (C=O) groups excluding carboxylic acids is 4. The van der Waals surface area contributed by atoms with E-state index in [1.54, 1.807) is 0 Å². The van der Waals surface area contributed by atoms with Crippen molar-refractivity contribution in [2.75, 3.05) is 31.8 Å². The van der Waals surface area contributed by atoms with Crippen molar-refractivity contribution in [3.63, 3.8) is 0 Å². The highest BCUT2D eigenvalue weighted by Crippen LogP contribution is 2.59. The average Bonchev–Trinajstić information content (AvgIpc) is 2.85. The molecule has 6 atom stereocenters. The Labute approximate surface area is 234 Å². The Morgan fingerprint density at radius 1 is 1.10 bits per heavy atom. The molecule has 14 nitrogen and oxygen atoms in total. The highest BCUT2D eigenvalue weighted by Gasteiger charge is 2.68. The number of ketones is 2. The van der Waals surface area contributed by atoms with Crippen LogP contribution in [0.2, 0.25) is 0 Å². The van der Waals surface area contributed by atoms with Crippen LogP contribution < -0.4 is 16.8 Å². The van der Waals surface area contributed by atoms with Crippen molar-refractivity contribution >= 4 is 45.7 Å². The van der Waals surface area contributed by atoms with Gasteiger partial charge in [-0.3, -0.25) is 24.6 Å². The van der Waals surface area contributed by atoms with E-state index in [0.29, 0.717) is 0 Å². The molecule has 2 amide bonds. The first kappa shape index (κ1) is 30.0. The number of aliphatic hydroxyl groups is 3. The van der Waals surface area contributed by atoms with Gasteiger partial charge >= 0.3 is 6.09 Å². The lowest BCUT2D eigenvalue weighted by molar-refractivity contribution is -0.202. The number of likely N-dealkylation sites (N-methyl/N-ethyl adjacent to an activating group) is 1. The van der Waals surface area contributed by atoms with Gasteiger partial charge in [-0.25, -0.2) is 4.79 Å². The number of benzene rings is 2. The van der Waals surface area contributed by atoms with Crippen LogP contribution >= 0.6 is 0 Å². The number of anilines is 2. The molecule has 0 heterocycles. The Bertz CT molecular complexity index is 1480. The number of nitrogens with one attached hydrogen (secondary N) is 1. The minimum atomic E-state index is -2.98. The summed E-state index contributed by atoms with van der Waals surface area (Å²) >= 11 is 0. The van der Waals surface area contributed by atoms with Crippen molar-refractivity contribution in [2.45, 2.75) is 44.6 Å². The Balaban J connectivity index is 1.93. The SMILES string of the molecule is CN(C)[C@@H]1C(=O)C(C(N)=O)C(=O)[C@@]2(O)C(O)c3c(c(N)c4ccc(NC(=O)OCC(C)(C)C)c(O)c4c3O)[C@H](O)[C@@H]12. The van der Waals surface area contributed by atoms with Crippen LogP contribution in [0.25, 0.3) is 10.8 Å². The fraction of sp³-hybridized carbons (Fsp3) is 0.481. The minimum Gasteiger partial charge on any atom is -0.507 e. The molecule has 0 radical (unpaired) electrons. The summed E-state index contributed by atoms with van der Waals surface area (Å²) in [6, 6.07) is 1.13. The second-order valence-electron chi connectivity index (χ2n) is 11.9. The van der Waals surface area contributed by atoms with E-state index < -0.39 is 76.3 Å². The Kier molecular flexibility index (Phi) is 7.19. The minimum absolute atomic E-state index is 0.00562. The molecular weight excluding hydrogens is 540 g/mol. The number of hydrogen-bond donors (Lipinski definition) is 8. The fourth-order valence-corrected chi connectivity index (χ4v) is 5.82. The first-order valence-corrected chi connectivity index (χ1v) is 12.7. The number of carbonyl (C=O) groups is 4. The molecular formula is C27H34N4O10. The molecule has 1 saturated carbocycles. The molecule has 10 N–H and O–H groups in total. The molecule has 2 aromatic rings. The molecule has 2 aliphatic rings. The summed E-state index contributed by atoms with van der Waals surface area (Å²) in [6.45, 7) is 5.58. The smallest absolute Gasteiger partial charge is 0.411 e. The topological polar surface area (TPSA) is 246 Å². The first-order valence-electron chi connectivity index (χ1n) is 12.7. The van der Waals surface area contributed by atoms with E-state index in [0.717, 1.165) is 0 Å². The van der Waals surface area contributed by atoms with E-state index in [1.807, 2.05) is 20.8 Å². The molecule has 0 aromatic heterocycles. The largest absolute Gasteiger partial charge is 0.507 e. The summed E-state index contributed by atoms with van der Waals surface area (Å²) in [5.41, 5.74) is 7.03. The van der Waals surface area contributed by atoms with Gasteiger partial charge in [0.05, 0.1) is 35.7 Å². The van der Waals surface area contributed by atoms with Gasteiger partial charge in [-0.05, 0) is 31.6 Å². The summed E-state index contributed by atoms with van der Waals surface area (Å²) in [5, 5.41) is 59.0. The van der Waals surface area contributed by atoms with Crippen molar-refractivity contribution in [1.29, 1.82) is 0 Å². The van der Waals surface area contributed by atoms with Gasteiger partial charge in [0.25, 0.3) is 0 Å². The maximum atomic E-state index is 13.4. The monoisotopic (exact) mass is 574 g/mol. The fourth-order valence-electron chi connectivity index (χ4n) is 5.82. The van der Waals surface area contributed by atoms with Crippen molar-refractivity contribution < 1.29 is 49.4 Å². The zero-order valence-electron chi connectivity index (χ0n) is 23.1. The van der Waals surface area contributed by atoms with Gasteiger partial charge in [0.1, 0.15) is 11.9 Å². The molecule has 2 aliphatic carbocycles. The van der Waals surface area contributed by atoms with Gasteiger partial charge < -0.3 is 41.7 Å². The van der Waals surface area contributed by atoms with Crippen LogP contribution in [-0.2, 0) is 19.1 Å². The highest BCUT2D eigenvalue weighted by molar-refractivity contribution is 6.24. The molecule has 2 aromatic carbocycles. The number of hydrogen-bond acceptors (Lipinski definition) is 12. The van der Waals surface area contributed by atoms with Gasteiger partial charge in [0.2, 0.25) is 5.91 Å². The van der Waals surface area contributed by atoms with Crippen molar-refractivity contribution in [3.8, 4) is 11.5 Å². The van der Waals surface area contributed by atoms with Gasteiger partial charge in [0.15, 0.2) is 28.8 Å². The number of aromatic hydroxyl groups is 2. The zero-order chi connectivity index (χ0) is 30.9. The van der Waals surface area contributed by atoms with Crippen LogP contribution in [0.1, 0.15) is 44.1 Å². The molecule has 0 saturated heterocycles. The van der Waals surface area contributed by atoms with Gasteiger partial charge in [-0.2, -0.15) is 0 Å². The van der Waals surface area contributed by atoms with Gasteiger partial charge in [-0.15, -0.1) is 0 Å². The van der Waals surface area contributed by atoms with E-state index in [4.69, 9.17) is 16.2 Å².